The molecule has 2 aromatic carbocycles. The van der Waals surface area contributed by atoms with Gasteiger partial charge in [0.25, 0.3) is 0 Å². The monoisotopic (exact) mass is 371 g/mol. The van der Waals surface area contributed by atoms with Crippen LogP contribution in [0.3, 0.4) is 0 Å². The molecule has 140 valence electrons. The van der Waals surface area contributed by atoms with Gasteiger partial charge in [-0.2, -0.15) is 0 Å². The number of aromatic nitrogens is 2. The van der Waals surface area contributed by atoms with E-state index in [2.05, 4.69) is 15.3 Å². The Balaban J connectivity index is 1.86. The Morgan fingerprint density at radius 3 is 2.25 bits per heavy atom. The van der Waals surface area contributed by atoms with Crippen molar-refractivity contribution in [2.45, 2.75) is 19.9 Å². The first-order valence-corrected chi connectivity index (χ1v) is 9.09. The minimum absolute atomic E-state index is 0.138. The van der Waals surface area contributed by atoms with E-state index in [4.69, 9.17) is 0 Å². The number of nitrogens with zero attached hydrogens (tertiary/aromatic N) is 2. The Hall–Kier alpha value is -3.60. The van der Waals surface area contributed by atoms with Gasteiger partial charge in [0.05, 0.1) is 6.04 Å². The Morgan fingerprint density at radius 2 is 1.50 bits per heavy atom. The lowest BCUT2D eigenvalue weighted by Gasteiger charge is -2.22. The third-order valence-electron chi connectivity index (χ3n) is 4.72. The average Bonchev–Trinajstić information content (AvgIpc) is 2.68. The molecule has 0 unspecified atom stereocenters. The van der Waals surface area contributed by atoms with Crippen LogP contribution in [0.1, 0.15) is 28.6 Å². The van der Waals surface area contributed by atoms with E-state index in [0.717, 1.165) is 22.3 Å². The van der Waals surface area contributed by atoms with Gasteiger partial charge in [-0.25, -0.2) is 9.97 Å². The van der Waals surface area contributed by atoms with Gasteiger partial charge in [0.2, 0.25) is 0 Å². The molecule has 1 atom stereocenters. The van der Waals surface area contributed by atoms with Gasteiger partial charge in [-0.3, -0.25) is 0 Å². The Kier molecular flexibility index (Phi) is 4.57. The lowest BCUT2D eigenvalue weighted by molar-refractivity contribution is 0.471. The van der Waals surface area contributed by atoms with E-state index in [1.54, 1.807) is 12.1 Å². The highest BCUT2D eigenvalue weighted by molar-refractivity contribution is 5.86. The largest absolute Gasteiger partial charge is 0.508 e. The van der Waals surface area contributed by atoms with Crippen LogP contribution in [0.15, 0.2) is 66.7 Å². The van der Waals surface area contributed by atoms with Gasteiger partial charge in [-0.1, -0.05) is 36.4 Å². The van der Waals surface area contributed by atoms with E-state index in [0.29, 0.717) is 16.9 Å². The Bertz CT molecular complexity index is 1140. The van der Waals surface area contributed by atoms with Gasteiger partial charge in [0, 0.05) is 22.3 Å². The van der Waals surface area contributed by atoms with Crippen molar-refractivity contribution in [3.05, 3.63) is 89.2 Å². The molecular formula is C23H21N3O2. The summed E-state index contributed by atoms with van der Waals surface area (Å²) in [7, 11) is 0. The van der Waals surface area contributed by atoms with Crippen LogP contribution in [0.25, 0.3) is 10.9 Å². The second-order valence-electron chi connectivity index (χ2n) is 6.86. The van der Waals surface area contributed by atoms with Gasteiger partial charge >= 0.3 is 0 Å². The normalized spacial score (nSPS) is 12.1. The van der Waals surface area contributed by atoms with Crippen molar-refractivity contribution in [3.8, 4) is 11.5 Å². The van der Waals surface area contributed by atoms with Crippen molar-refractivity contribution in [3.63, 3.8) is 0 Å². The summed E-state index contributed by atoms with van der Waals surface area (Å²) >= 11 is 0. The number of hydrogen-bond donors (Lipinski definition) is 3. The molecule has 0 amide bonds. The highest BCUT2D eigenvalue weighted by Crippen LogP contribution is 2.36. The summed E-state index contributed by atoms with van der Waals surface area (Å²) in [5, 5.41) is 25.0. The van der Waals surface area contributed by atoms with Crippen LogP contribution in [-0.4, -0.2) is 20.2 Å². The summed E-state index contributed by atoms with van der Waals surface area (Å²) in [4.78, 5) is 9.04. The molecule has 2 heterocycles. The Labute approximate surface area is 163 Å². The van der Waals surface area contributed by atoms with Crippen LogP contribution in [0.4, 0.5) is 5.82 Å². The quantitative estimate of drug-likeness (QED) is 0.477. The van der Waals surface area contributed by atoms with E-state index >= 15 is 0 Å². The maximum absolute atomic E-state index is 11.0. The van der Waals surface area contributed by atoms with E-state index in [1.165, 1.54) is 0 Å². The first kappa shape index (κ1) is 17.8. The number of anilines is 1. The van der Waals surface area contributed by atoms with Gasteiger partial charge < -0.3 is 15.5 Å². The smallest absolute Gasteiger partial charge is 0.147 e. The first-order chi connectivity index (χ1) is 13.5. The van der Waals surface area contributed by atoms with Crippen LogP contribution in [0.5, 0.6) is 11.5 Å². The van der Waals surface area contributed by atoms with Gasteiger partial charge in [-0.15, -0.1) is 0 Å². The van der Waals surface area contributed by atoms with Crippen LogP contribution < -0.4 is 5.32 Å². The van der Waals surface area contributed by atoms with Crippen LogP contribution in [0.2, 0.25) is 0 Å². The minimum Gasteiger partial charge on any atom is -0.508 e. The van der Waals surface area contributed by atoms with Crippen LogP contribution >= 0.6 is 0 Å². The maximum atomic E-state index is 11.0. The van der Waals surface area contributed by atoms with Crippen molar-refractivity contribution in [2.24, 2.45) is 0 Å². The molecule has 0 radical (unpaired) electrons. The van der Waals surface area contributed by atoms with E-state index in [9.17, 15) is 10.2 Å². The fourth-order valence-corrected chi connectivity index (χ4v) is 3.30. The SMILES string of the molecule is Cc1cccc(N[C@@H](c2ccc(O)cc2)c2ccc3ccc(C)nc3c2O)n1. The Morgan fingerprint density at radius 1 is 0.786 bits per heavy atom. The van der Waals surface area contributed by atoms with Crippen molar-refractivity contribution in [1.82, 2.24) is 9.97 Å². The first-order valence-electron chi connectivity index (χ1n) is 9.09. The third kappa shape index (κ3) is 3.47. The average molecular weight is 371 g/mol. The van der Waals surface area contributed by atoms with E-state index < -0.39 is 0 Å². The summed E-state index contributed by atoms with van der Waals surface area (Å²) in [5.41, 5.74) is 3.90. The number of pyridine rings is 2. The highest BCUT2D eigenvalue weighted by atomic mass is 16.3. The molecule has 0 saturated heterocycles. The minimum atomic E-state index is -0.360. The van der Waals surface area contributed by atoms with E-state index in [1.807, 2.05) is 68.4 Å². The number of aryl methyl sites for hydroxylation is 2. The second kappa shape index (κ2) is 7.19. The maximum Gasteiger partial charge on any atom is 0.147 e. The predicted molar refractivity (Wildman–Crippen MR) is 111 cm³/mol. The molecule has 0 aliphatic heterocycles. The molecule has 0 fully saturated rings. The van der Waals surface area contributed by atoms with Crippen LogP contribution in [-0.2, 0) is 0 Å². The molecule has 28 heavy (non-hydrogen) atoms. The predicted octanol–water partition coefficient (Wildman–Crippen LogP) is 4.86. The molecule has 0 saturated carbocycles. The van der Waals surface area contributed by atoms with Crippen molar-refractivity contribution >= 4 is 16.7 Å². The summed E-state index contributed by atoms with van der Waals surface area (Å²) in [5.74, 6) is 1.03. The molecule has 2 aromatic heterocycles. The zero-order valence-corrected chi connectivity index (χ0v) is 15.7. The van der Waals surface area contributed by atoms with Gasteiger partial charge in [0.1, 0.15) is 22.8 Å². The molecule has 4 rings (SSSR count). The highest BCUT2D eigenvalue weighted by Gasteiger charge is 2.20. The lowest BCUT2D eigenvalue weighted by Crippen LogP contribution is -2.14. The molecule has 5 nitrogen and oxygen atoms in total. The van der Waals surface area contributed by atoms with Crippen molar-refractivity contribution in [1.29, 1.82) is 0 Å². The number of aromatic hydroxyl groups is 2. The number of benzene rings is 2. The molecule has 0 bridgehead atoms. The second-order valence-corrected chi connectivity index (χ2v) is 6.86. The zero-order chi connectivity index (χ0) is 19.7. The number of hydrogen-bond acceptors (Lipinski definition) is 5. The molecule has 4 aromatic rings. The third-order valence-corrected chi connectivity index (χ3v) is 4.72. The summed E-state index contributed by atoms with van der Waals surface area (Å²) in [6, 6.07) is 20.0. The summed E-state index contributed by atoms with van der Waals surface area (Å²) in [6.07, 6.45) is 0. The number of phenolic OH excluding ortho intramolecular Hbond substituents is 2. The fraction of sp³-hybridized carbons (Fsp3) is 0.130. The number of phenols is 2. The fourth-order valence-electron chi connectivity index (χ4n) is 3.30. The van der Waals surface area contributed by atoms with Gasteiger partial charge in [-0.05, 0) is 49.7 Å². The van der Waals surface area contributed by atoms with Crippen molar-refractivity contribution < 1.29 is 10.2 Å². The van der Waals surface area contributed by atoms with E-state index in [-0.39, 0.29) is 17.5 Å². The standard InChI is InChI=1S/C23H21N3O2/c1-14-4-3-5-20(24-14)26-21(16-8-11-18(27)12-9-16)19-13-10-17-7-6-15(2)25-22(17)23(19)28/h3-13,21,27-28H,1-2H3,(H,24,26)/t21-/m0/s1. The molecule has 3 N–H and O–H groups in total. The number of rotatable bonds is 4. The van der Waals surface area contributed by atoms with Gasteiger partial charge in [0.15, 0.2) is 0 Å². The van der Waals surface area contributed by atoms with Crippen LogP contribution in [0, 0.1) is 13.8 Å². The molecule has 0 aliphatic carbocycles. The lowest BCUT2D eigenvalue weighted by atomic mass is 9.96. The number of fused-ring (bicyclic) bond motifs is 1. The molecule has 0 spiro atoms. The molecule has 5 heteroatoms. The molecular weight excluding hydrogens is 350 g/mol. The topological polar surface area (TPSA) is 78.3 Å². The number of nitrogens with one attached hydrogen (secondary N) is 1. The van der Waals surface area contributed by atoms with Crippen molar-refractivity contribution in [2.75, 3.05) is 5.32 Å². The summed E-state index contributed by atoms with van der Waals surface area (Å²) in [6.45, 7) is 3.83. The molecule has 0 aliphatic rings. The zero-order valence-electron chi connectivity index (χ0n) is 15.7. The summed E-state index contributed by atoms with van der Waals surface area (Å²) < 4.78 is 0.